The molecule has 8 heteroatoms. The van der Waals surface area contributed by atoms with Crippen molar-refractivity contribution in [1.82, 2.24) is 29.5 Å². The van der Waals surface area contributed by atoms with Crippen LogP contribution in [0.5, 0.6) is 0 Å². The van der Waals surface area contributed by atoms with Gasteiger partial charge in [0.1, 0.15) is 11.6 Å². The number of piperidine rings is 1. The highest BCUT2D eigenvalue weighted by molar-refractivity contribution is 5.78. The van der Waals surface area contributed by atoms with E-state index in [1.165, 1.54) is 0 Å². The topological polar surface area (TPSA) is 66.7 Å². The van der Waals surface area contributed by atoms with Crippen molar-refractivity contribution < 1.29 is 9.53 Å². The number of morpholine rings is 1. The van der Waals surface area contributed by atoms with E-state index in [2.05, 4.69) is 31.6 Å². The Morgan fingerprint density at radius 2 is 1.74 bits per heavy atom. The molecule has 0 spiro atoms. The maximum absolute atomic E-state index is 12.3. The van der Waals surface area contributed by atoms with Crippen LogP contribution in [0.2, 0.25) is 0 Å². The summed E-state index contributed by atoms with van der Waals surface area (Å²) in [6.45, 7) is 12.4. The standard InChI is InChI=1S/C19H34N6O2/c1-4-25(5-2)18(26)15-23-8-6-16(7-9-23)19-21-20-17(22(19)3)14-24-10-12-27-13-11-24/h16H,4-15H2,1-3H3. The Balaban J connectivity index is 1.51. The first-order valence-corrected chi connectivity index (χ1v) is 10.3. The van der Waals surface area contributed by atoms with Gasteiger partial charge in [0.25, 0.3) is 0 Å². The predicted octanol–water partition coefficient (Wildman–Crippen LogP) is 0.695. The summed E-state index contributed by atoms with van der Waals surface area (Å²) in [5.74, 6) is 2.80. The Kier molecular flexibility index (Phi) is 7.20. The Morgan fingerprint density at radius 1 is 1.07 bits per heavy atom. The van der Waals surface area contributed by atoms with Crippen LogP contribution < -0.4 is 0 Å². The van der Waals surface area contributed by atoms with Gasteiger partial charge in [0.2, 0.25) is 5.91 Å². The molecule has 27 heavy (non-hydrogen) atoms. The first-order chi connectivity index (χ1) is 13.1. The zero-order valence-corrected chi connectivity index (χ0v) is 17.1. The third-order valence-corrected chi connectivity index (χ3v) is 5.90. The number of likely N-dealkylation sites (tertiary alicyclic amines) is 1. The summed E-state index contributed by atoms with van der Waals surface area (Å²) in [6.07, 6.45) is 2.07. The van der Waals surface area contributed by atoms with Crippen molar-refractivity contribution in [3.05, 3.63) is 11.6 Å². The van der Waals surface area contributed by atoms with Gasteiger partial charge in [-0.25, -0.2) is 0 Å². The summed E-state index contributed by atoms with van der Waals surface area (Å²) in [4.78, 5) is 18.9. The van der Waals surface area contributed by atoms with Crippen molar-refractivity contribution in [1.29, 1.82) is 0 Å². The van der Waals surface area contributed by atoms with Crippen molar-refractivity contribution in [3.63, 3.8) is 0 Å². The second-order valence-corrected chi connectivity index (χ2v) is 7.54. The second-order valence-electron chi connectivity index (χ2n) is 7.54. The molecule has 2 aliphatic heterocycles. The van der Waals surface area contributed by atoms with E-state index in [0.29, 0.717) is 12.5 Å². The maximum Gasteiger partial charge on any atom is 0.236 e. The number of hydrogen-bond donors (Lipinski definition) is 0. The molecule has 0 saturated carbocycles. The van der Waals surface area contributed by atoms with E-state index in [0.717, 1.165) is 83.5 Å². The fraction of sp³-hybridized carbons (Fsp3) is 0.842. The van der Waals surface area contributed by atoms with Gasteiger partial charge in [-0.2, -0.15) is 0 Å². The third-order valence-electron chi connectivity index (χ3n) is 5.90. The lowest BCUT2D eigenvalue weighted by molar-refractivity contribution is -0.132. The van der Waals surface area contributed by atoms with Crippen LogP contribution in [0.15, 0.2) is 0 Å². The van der Waals surface area contributed by atoms with Crippen LogP contribution in [0.1, 0.15) is 44.3 Å². The monoisotopic (exact) mass is 378 g/mol. The van der Waals surface area contributed by atoms with Crippen LogP contribution in [0, 0.1) is 0 Å². The summed E-state index contributed by atoms with van der Waals surface area (Å²) >= 11 is 0. The van der Waals surface area contributed by atoms with Crippen LogP contribution in [-0.4, -0.2) is 94.4 Å². The molecular weight excluding hydrogens is 344 g/mol. The SMILES string of the molecule is CCN(CC)C(=O)CN1CCC(c2nnc(CN3CCOCC3)n2C)CC1. The summed E-state index contributed by atoms with van der Waals surface area (Å²) in [7, 11) is 2.08. The average molecular weight is 379 g/mol. The molecule has 3 heterocycles. The molecule has 0 aliphatic carbocycles. The number of carbonyl (C=O) groups is 1. The highest BCUT2D eigenvalue weighted by Crippen LogP contribution is 2.27. The molecule has 1 aromatic heterocycles. The largest absolute Gasteiger partial charge is 0.379 e. The minimum atomic E-state index is 0.241. The number of nitrogens with zero attached hydrogens (tertiary/aromatic N) is 6. The molecule has 0 N–H and O–H groups in total. The predicted molar refractivity (Wildman–Crippen MR) is 103 cm³/mol. The molecule has 0 atom stereocenters. The summed E-state index contributed by atoms with van der Waals surface area (Å²) < 4.78 is 7.60. The Morgan fingerprint density at radius 3 is 2.37 bits per heavy atom. The van der Waals surface area contributed by atoms with Crippen molar-refractivity contribution in [2.24, 2.45) is 7.05 Å². The second kappa shape index (κ2) is 9.61. The van der Waals surface area contributed by atoms with Crippen LogP contribution in [0.3, 0.4) is 0 Å². The van der Waals surface area contributed by atoms with Crippen molar-refractivity contribution in [3.8, 4) is 0 Å². The first kappa shape index (κ1) is 20.2. The Hall–Kier alpha value is -1.51. The third kappa shape index (κ3) is 5.06. The molecule has 152 valence electrons. The number of carbonyl (C=O) groups excluding carboxylic acids is 1. The molecule has 1 amide bonds. The molecule has 0 unspecified atom stereocenters. The molecule has 1 aromatic rings. The maximum atomic E-state index is 12.3. The van der Waals surface area contributed by atoms with Crippen LogP contribution in [-0.2, 0) is 23.1 Å². The lowest BCUT2D eigenvalue weighted by Crippen LogP contribution is -2.43. The molecular formula is C19H34N6O2. The van der Waals surface area contributed by atoms with Gasteiger partial charge in [0.15, 0.2) is 0 Å². The van der Waals surface area contributed by atoms with Gasteiger partial charge in [-0.1, -0.05) is 0 Å². The Bertz CT molecular complexity index is 601. The van der Waals surface area contributed by atoms with Crippen molar-refractivity contribution in [2.75, 3.05) is 59.0 Å². The minimum Gasteiger partial charge on any atom is -0.379 e. The molecule has 2 aliphatic rings. The highest BCUT2D eigenvalue weighted by atomic mass is 16.5. The molecule has 0 radical (unpaired) electrons. The van der Waals surface area contributed by atoms with E-state index in [1.807, 2.05) is 18.7 Å². The molecule has 2 fully saturated rings. The highest BCUT2D eigenvalue weighted by Gasteiger charge is 2.27. The molecule has 3 rings (SSSR count). The van der Waals surface area contributed by atoms with Gasteiger partial charge in [-0.15, -0.1) is 10.2 Å². The number of likely N-dealkylation sites (N-methyl/N-ethyl adjacent to an activating group) is 1. The number of aromatic nitrogens is 3. The lowest BCUT2D eigenvalue weighted by atomic mass is 9.96. The molecule has 0 aromatic carbocycles. The lowest BCUT2D eigenvalue weighted by Gasteiger charge is -2.32. The minimum absolute atomic E-state index is 0.241. The van der Waals surface area contributed by atoms with Gasteiger partial charge in [0, 0.05) is 39.1 Å². The molecule has 0 bridgehead atoms. The Labute approximate surface area is 162 Å². The van der Waals surface area contributed by atoms with Gasteiger partial charge >= 0.3 is 0 Å². The van der Waals surface area contributed by atoms with Crippen molar-refractivity contribution in [2.45, 2.75) is 39.2 Å². The number of hydrogen-bond acceptors (Lipinski definition) is 6. The number of amides is 1. The van der Waals surface area contributed by atoms with E-state index in [4.69, 9.17) is 4.74 Å². The summed E-state index contributed by atoms with van der Waals surface area (Å²) in [5.41, 5.74) is 0. The zero-order chi connectivity index (χ0) is 19.2. The quantitative estimate of drug-likeness (QED) is 0.696. The van der Waals surface area contributed by atoms with E-state index >= 15 is 0 Å². The smallest absolute Gasteiger partial charge is 0.236 e. The van der Waals surface area contributed by atoms with Gasteiger partial charge in [0.05, 0.1) is 26.3 Å². The first-order valence-electron chi connectivity index (χ1n) is 10.3. The zero-order valence-electron chi connectivity index (χ0n) is 17.1. The summed E-state index contributed by atoms with van der Waals surface area (Å²) in [6, 6.07) is 0. The molecule has 8 nitrogen and oxygen atoms in total. The fourth-order valence-corrected chi connectivity index (χ4v) is 4.04. The number of rotatable bonds is 7. The number of ether oxygens (including phenoxy) is 1. The normalized spacial score (nSPS) is 20.1. The van der Waals surface area contributed by atoms with Gasteiger partial charge < -0.3 is 14.2 Å². The fourth-order valence-electron chi connectivity index (χ4n) is 4.04. The van der Waals surface area contributed by atoms with Crippen LogP contribution in [0.25, 0.3) is 0 Å². The van der Waals surface area contributed by atoms with E-state index in [-0.39, 0.29) is 5.91 Å². The van der Waals surface area contributed by atoms with Crippen LogP contribution in [0.4, 0.5) is 0 Å². The van der Waals surface area contributed by atoms with Gasteiger partial charge in [-0.3, -0.25) is 14.6 Å². The van der Waals surface area contributed by atoms with Gasteiger partial charge in [-0.05, 0) is 39.8 Å². The summed E-state index contributed by atoms with van der Waals surface area (Å²) in [5, 5.41) is 8.96. The van der Waals surface area contributed by atoms with Crippen LogP contribution >= 0.6 is 0 Å². The van der Waals surface area contributed by atoms with E-state index in [9.17, 15) is 4.79 Å². The van der Waals surface area contributed by atoms with E-state index < -0.39 is 0 Å². The molecule has 2 saturated heterocycles. The van der Waals surface area contributed by atoms with Crippen molar-refractivity contribution >= 4 is 5.91 Å². The van der Waals surface area contributed by atoms with E-state index in [1.54, 1.807) is 0 Å². The average Bonchev–Trinajstić information content (AvgIpc) is 3.05.